The van der Waals surface area contributed by atoms with E-state index in [-0.39, 0.29) is 17.8 Å². The second-order valence-corrected chi connectivity index (χ2v) is 3.25. The molecule has 1 aromatic carbocycles. The first-order chi connectivity index (χ1) is 7.15. The van der Waals surface area contributed by atoms with Crippen LogP contribution in [0.3, 0.4) is 0 Å². The Morgan fingerprint density at radius 1 is 1.53 bits per heavy atom. The van der Waals surface area contributed by atoms with Crippen LogP contribution in [0.25, 0.3) is 0 Å². The summed E-state index contributed by atoms with van der Waals surface area (Å²) in [6, 6.07) is 6.61. The lowest BCUT2D eigenvalue weighted by Gasteiger charge is -2.11. The predicted molar refractivity (Wildman–Crippen MR) is 56.4 cm³/mol. The fourth-order valence-electron chi connectivity index (χ4n) is 1.18. The fraction of sp³-hybridized carbons (Fsp3) is 0.364. The SMILES string of the molecule is COC(=O)[C@@H](C)NCc1ccccc1O. The Morgan fingerprint density at radius 2 is 2.20 bits per heavy atom. The third-order valence-electron chi connectivity index (χ3n) is 2.15. The maximum Gasteiger partial charge on any atom is 0.322 e. The van der Waals surface area contributed by atoms with Crippen molar-refractivity contribution in [3.63, 3.8) is 0 Å². The molecule has 82 valence electrons. The van der Waals surface area contributed by atoms with Gasteiger partial charge in [0.2, 0.25) is 0 Å². The largest absolute Gasteiger partial charge is 0.508 e. The first kappa shape index (κ1) is 11.5. The molecule has 0 saturated heterocycles. The molecule has 0 unspecified atom stereocenters. The smallest absolute Gasteiger partial charge is 0.322 e. The summed E-state index contributed by atoms with van der Waals surface area (Å²) in [5.74, 6) is -0.0903. The van der Waals surface area contributed by atoms with Gasteiger partial charge < -0.3 is 15.2 Å². The summed E-state index contributed by atoms with van der Waals surface area (Å²) in [6.07, 6.45) is 0. The molecule has 0 aliphatic carbocycles. The highest BCUT2D eigenvalue weighted by molar-refractivity contribution is 5.75. The number of benzene rings is 1. The summed E-state index contributed by atoms with van der Waals surface area (Å²) >= 11 is 0. The van der Waals surface area contributed by atoms with Crippen LogP contribution in [0.5, 0.6) is 5.75 Å². The van der Waals surface area contributed by atoms with E-state index in [4.69, 9.17) is 0 Å². The number of carbonyl (C=O) groups excluding carboxylic acids is 1. The van der Waals surface area contributed by atoms with E-state index >= 15 is 0 Å². The van der Waals surface area contributed by atoms with Crippen LogP contribution >= 0.6 is 0 Å². The van der Waals surface area contributed by atoms with Crippen molar-refractivity contribution >= 4 is 5.97 Å². The molecular formula is C11H15NO3. The number of nitrogens with one attached hydrogen (secondary N) is 1. The summed E-state index contributed by atoms with van der Waals surface area (Å²) in [5, 5.41) is 12.4. The Kier molecular flexibility index (Phi) is 4.12. The van der Waals surface area contributed by atoms with E-state index in [1.807, 2.05) is 6.07 Å². The first-order valence-corrected chi connectivity index (χ1v) is 4.73. The van der Waals surface area contributed by atoms with E-state index in [9.17, 15) is 9.90 Å². The Morgan fingerprint density at radius 3 is 2.80 bits per heavy atom. The number of hydrogen-bond acceptors (Lipinski definition) is 4. The van der Waals surface area contributed by atoms with Crippen LogP contribution in [-0.2, 0) is 16.1 Å². The van der Waals surface area contributed by atoms with Gasteiger partial charge in [0, 0.05) is 12.1 Å². The highest BCUT2D eigenvalue weighted by Gasteiger charge is 2.12. The van der Waals surface area contributed by atoms with Crippen molar-refractivity contribution < 1.29 is 14.6 Å². The Hall–Kier alpha value is -1.55. The zero-order chi connectivity index (χ0) is 11.3. The van der Waals surface area contributed by atoms with Crippen LogP contribution < -0.4 is 5.32 Å². The van der Waals surface area contributed by atoms with Crippen LogP contribution in [-0.4, -0.2) is 24.2 Å². The molecule has 4 nitrogen and oxygen atoms in total. The molecule has 0 spiro atoms. The second kappa shape index (κ2) is 5.36. The maximum atomic E-state index is 11.1. The zero-order valence-electron chi connectivity index (χ0n) is 8.86. The van der Waals surface area contributed by atoms with Crippen molar-refractivity contribution in [2.75, 3.05) is 7.11 Å². The maximum absolute atomic E-state index is 11.1. The molecule has 0 aliphatic heterocycles. The number of carbonyl (C=O) groups is 1. The number of esters is 1. The number of methoxy groups -OCH3 is 1. The van der Waals surface area contributed by atoms with E-state index in [0.29, 0.717) is 6.54 Å². The molecule has 0 amide bonds. The minimum Gasteiger partial charge on any atom is -0.508 e. The average molecular weight is 209 g/mol. The molecule has 4 heteroatoms. The average Bonchev–Trinajstić information content (AvgIpc) is 2.26. The van der Waals surface area contributed by atoms with E-state index in [0.717, 1.165) is 5.56 Å². The van der Waals surface area contributed by atoms with Gasteiger partial charge in [-0.1, -0.05) is 18.2 Å². The molecule has 15 heavy (non-hydrogen) atoms. The predicted octanol–water partition coefficient (Wildman–Crippen LogP) is 1.04. The molecule has 0 bridgehead atoms. The third kappa shape index (κ3) is 3.25. The van der Waals surface area contributed by atoms with Gasteiger partial charge in [-0.2, -0.15) is 0 Å². The molecule has 0 aliphatic rings. The molecule has 0 fully saturated rings. The molecule has 0 radical (unpaired) electrons. The number of phenolic OH excluding ortho intramolecular Hbond substituents is 1. The second-order valence-electron chi connectivity index (χ2n) is 3.25. The van der Waals surface area contributed by atoms with E-state index < -0.39 is 0 Å². The number of rotatable bonds is 4. The minimum absolute atomic E-state index is 0.224. The number of aromatic hydroxyl groups is 1. The minimum atomic E-state index is -0.380. The fourth-order valence-corrected chi connectivity index (χ4v) is 1.18. The molecule has 1 aromatic rings. The van der Waals surface area contributed by atoms with Crippen molar-refractivity contribution in [2.24, 2.45) is 0 Å². The first-order valence-electron chi connectivity index (χ1n) is 4.73. The van der Waals surface area contributed by atoms with Crippen molar-refractivity contribution in [3.8, 4) is 5.75 Å². The molecule has 0 heterocycles. The van der Waals surface area contributed by atoms with Gasteiger partial charge in [0.25, 0.3) is 0 Å². The quantitative estimate of drug-likeness (QED) is 0.727. The lowest BCUT2D eigenvalue weighted by atomic mass is 10.2. The van der Waals surface area contributed by atoms with Crippen LogP contribution in [0.15, 0.2) is 24.3 Å². The molecule has 0 saturated carbocycles. The summed E-state index contributed by atoms with van der Waals surface area (Å²) < 4.78 is 4.57. The van der Waals surface area contributed by atoms with Crippen molar-refractivity contribution in [2.45, 2.75) is 19.5 Å². The summed E-state index contributed by atoms with van der Waals surface area (Å²) in [7, 11) is 1.35. The van der Waals surface area contributed by atoms with E-state index in [2.05, 4.69) is 10.1 Å². The van der Waals surface area contributed by atoms with Crippen LogP contribution in [0.2, 0.25) is 0 Å². The zero-order valence-corrected chi connectivity index (χ0v) is 8.86. The van der Waals surface area contributed by atoms with Crippen molar-refractivity contribution in [3.05, 3.63) is 29.8 Å². The summed E-state index contributed by atoms with van der Waals surface area (Å²) in [5.41, 5.74) is 0.758. The van der Waals surface area contributed by atoms with Gasteiger partial charge in [-0.15, -0.1) is 0 Å². The van der Waals surface area contributed by atoms with Crippen LogP contribution in [0, 0.1) is 0 Å². The van der Waals surface area contributed by atoms with Crippen molar-refractivity contribution in [1.82, 2.24) is 5.32 Å². The standard InChI is InChI=1S/C11H15NO3/c1-8(11(14)15-2)12-7-9-5-3-4-6-10(9)13/h3-6,8,12-13H,7H2,1-2H3/t8-/m1/s1. The van der Waals surface area contributed by atoms with E-state index in [1.54, 1.807) is 25.1 Å². The highest BCUT2D eigenvalue weighted by atomic mass is 16.5. The molecule has 1 rings (SSSR count). The monoisotopic (exact) mass is 209 g/mol. The Balaban J connectivity index is 2.50. The van der Waals surface area contributed by atoms with Gasteiger partial charge >= 0.3 is 5.97 Å². The molecule has 1 atom stereocenters. The number of hydrogen-bond donors (Lipinski definition) is 2. The normalized spacial score (nSPS) is 12.1. The Bertz CT molecular complexity index is 338. The third-order valence-corrected chi connectivity index (χ3v) is 2.15. The Labute approximate surface area is 88.9 Å². The number of para-hydroxylation sites is 1. The highest BCUT2D eigenvalue weighted by Crippen LogP contribution is 2.14. The van der Waals surface area contributed by atoms with Gasteiger partial charge in [0.15, 0.2) is 0 Å². The summed E-state index contributed by atoms with van der Waals surface area (Å²) in [4.78, 5) is 11.1. The molecular weight excluding hydrogens is 194 g/mol. The number of ether oxygens (including phenoxy) is 1. The number of phenols is 1. The van der Waals surface area contributed by atoms with Gasteiger partial charge in [0.05, 0.1) is 7.11 Å². The lowest BCUT2D eigenvalue weighted by Crippen LogP contribution is -2.34. The topological polar surface area (TPSA) is 58.6 Å². The molecule has 0 aromatic heterocycles. The van der Waals surface area contributed by atoms with Gasteiger partial charge in [-0.25, -0.2) is 0 Å². The van der Waals surface area contributed by atoms with Crippen LogP contribution in [0.1, 0.15) is 12.5 Å². The van der Waals surface area contributed by atoms with Gasteiger partial charge in [-0.05, 0) is 13.0 Å². The van der Waals surface area contributed by atoms with Crippen molar-refractivity contribution in [1.29, 1.82) is 0 Å². The van der Waals surface area contributed by atoms with Gasteiger partial charge in [-0.3, -0.25) is 4.79 Å². The van der Waals surface area contributed by atoms with Gasteiger partial charge in [0.1, 0.15) is 11.8 Å². The lowest BCUT2D eigenvalue weighted by molar-refractivity contribution is -0.142. The van der Waals surface area contributed by atoms with E-state index in [1.165, 1.54) is 7.11 Å². The molecule has 2 N–H and O–H groups in total. The summed E-state index contributed by atoms with van der Waals surface area (Å²) in [6.45, 7) is 2.15. The van der Waals surface area contributed by atoms with Crippen LogP contribution in [0.4, 0.5) is 0 Å².